The highest BCUT2D eigenvalue weighted by atomic mass is 16.4. The molecule has 0 amide bonds. The van der Waals surface area contributed by atoms with Crippen molar-refractivity contribution in [3.05, 3.63) is 36.0 Å². The van der Waals surface area contributed by atoms with Crippen LogP contribution in [-0.2, 0) is 0 Å². The fraction of sp³-hybridized carbons (Fsp3) is 0.100. The lowest BCUT2D eigenvalue weighted by molar-refractivity contribution is 0.0691. The number of nitrogens with one attached hydrogen (secondary N) is 1. The summed E-state index contributed by atoms with van der Waals surface area (Å²) < 4.78 is 0. The lowest BCUT2D eigenvalue weighted by Crippen LogP contribution is -2.02. The summed E-state index contributed by atoms with van der Waals surface area (Å²) in [4.78, 5) is 12.2. The van der Waals surface area contributed by atoms with E-state index < -0.39 is 5.97 Å². The summed E-state index contributed by atoms with van der Waals surface area (Å²) in [7, 11) is 1.60. The van der Waals surface area contributed by atoms with Gasteiger partial charge in [-0.25, -0.2) is 4.79 Å². The lowest BCUT2D eigenvalue weighted by atomic mass is 10.3. The van der Waals surface area contributed by atoms with Crippen molar-refractivity contribution in [3.63, 3.8) is 0 Å². The Morgan fingerprint density at radius 2 is 2.00 bits per heavy atom. The zero-order valence-electron chi connectivity index (χ0n) is 8.58. The lowest BCUT2D eigenvalue weighted by Gasteiger charge is -1.96. The summed E-state index contributed by atoms with van der Waals surface area (Å²) in [6.45, 7) is 0. The average molecular weight is 218 g/mol. The molecule has 2 aromatic rings. The second-order valence-corrected chi connectivity index (χ2v) is 3.08. The minimum Gasteiger partial charge on any atom is -0.476 e. The van der Waals surface area contributed by atoms with E-state index in [-0.39, 0.29) is 11.5 Å². The van der Waals surface area contributed by atoms with Crippen molar-refractivity contribution in [1.82, 2.24) is 15.0 Å². The van der Waals surface area contributed by atoms with Gasteiger partial charge in [-0.05, 0) is 12.1 Å². The van der Waals surface area contributed by atoms with Gasteiger partial charge in [0.1, 0.15) is 0 Å². The van der Waals surface area contributed by atoms with Crippen LogP contribution < -0.4 is 5.32 Å². The van der Waals surface area contributed by atoms with Crippen LogP contribution in [0.2, 0.25) is 0 Å². The molecule has 16 heavy (non-hydrogen) atoms. The minimum absolute atomic E-state index is 0.0913. The maximum Gasteiger partial charge on any atom is 0.360 e. The molecule has 0 aliphatic heterocycles. The Hall–Kier alpha value is -2.37. The van der Waals surface area contributed by atoms with Gasteiger partial charge < -0.3 is 10.4 Å². The molecule has 6 nitrogen and oxygen atoms in total. The Bertz CT molecular complexity index is 507. The van der Waals surface area contributed by atoms with Gasteiger partial charge in [0, 0.05) is 7.05 Å². The SMILES string of the molecule is CNc1nn(-c2ccccc2)nc1C(=O)O. The highest BCUT2D eigenvalue weighted by Crippen LogP contribution is 2.12. The third-order valence-electron chi connectivity index (χ3n) is 2.04. The third-order valence-corrected chi connectivity index (χ3v) is 2.04. The van der Waals surface area contributed by atoms with E-state index in [1.807, 2.05) is 18.2 Å². The Morgan fingerprint density at radius 3 is 2.50 bits per heavy atom. The normalized spacial score (nSPS) is 10.1. The fourth-order valence-corrected chi connectivity index (χ4v) is 1.30. The predicted octanol–water partition coefficient (Wildman–Crippen LogP) is 1.01. The van der Waals surface area contributed by atoms with E-state index in [9.17, 15) is 4.79 Å². The zero-order valence-corrected chi connectivity index (χ0v) is 8.58. The first-order valence-electron chi connectivity index (χ1n) is 4.66. The monoisotopic (exact) mass is 218 g/mol. The molecule has 0 aliphatic rings. The summed E-state index contributed by atoms with van der Waals surface area (Å²) in [5.41, 5.74) is 0.623. The van der Waals surface area contributed by atoms with Crippen molar-refractivity contribution in [2.75, 3.05) is 12.4 Å². The Balaban J connectivity index is 2.48. The van der Waals surface area contributed by atoms with E-state index in [1.165, 1.54) is 4.80 Å². The number of anilines is 1. The molecule has 0 radical (unpaired) electrons. The summed E-state index contributed by atoms with van der Waals surface area (Å²) in [6.07, 6.45) is 0. The summed E-state index contributed by atoms with van der Waals surface area (Å²) >= 11 is 0. The number of aromatic carboxylic acids is 1. The van der Waals surface area contributed by atoms with Gasteiger partial charge in [0.05, 0.1) is 5.69 Å². The molecule has 0 fully saturated rings. The van der Waals surface area contributed by atoms with E-state index in [0.29, 0.717) is 5.69 Å². The molecule has 1 heterocycles. The molecule has 6 heteroatoms. The molecule has 0 atom stereocenters. The number of carbonyl (C=O) groups is 1. The largest absolute Gasteiger partial charge is 0.476 e. The molecule has 0 saturated heterocycles. The second-order valence-electron chi connectivity index (χ2n) is 3.08. The molecule has 1 aromatic heterocycles. The number of rotatable bonds is 3. The molecule has 0 aliphatic carbocycles. The van der Waals surface area contributed by atoms with Crippen LogP contribution in [0.4, 0.5) is 5.82 Å². The van der Waals surface area contributed by atoms with E-state index in [0.717, 1.165) is 0 Å². The van der Waals surface area contributed by atoms with E-state index in [4.69, 9.17) is 5.11 Å². The molecule has 82 valence electrons. The number of carboxylic acids is 1. The van der Waals surface area contributed by atoms with Gasteiger partial charge in [0.25, 0.3) is 0 Å². The number of hydrogen-bond donors (Lipinski definition) is 2. The molecule has 0 unspecified atom stereocenters. The van der Waals surface area contributed by atoms with Gasteiger partial charge in [-0.3, -0.25) is 0 Å². The van der Waals surface area contributed by atoms with E-state index >= 15 is 0 Å². The Morgan fingerprint density at radius 1 is 1.31 bits per heavy atom. The third kappa shape index (κ3) is 1.72. The Kier molecular flexibility index (Phi) is 2.55. The maximum atomic E-state index is 10.9. The van der Waals surface area contributed by atoms with Crippen molar-refractivity contribution >= 4 is 11.8 Å². The molecule has 2 rings (SSSR count). The molecule has 1 aromatic carbocycles. The average Bonchev–Trinajstić information content (AvgIpc) is 2.74. The number of carboxylic acid groups (broad SMARTS) is 1. The van der Waals surface area contributed by atoms with Gasteiger partial charge in [-0.15, -0.1) is 15.0 Å². The van der Waals surface area contributed by atoms with Crippen LogP contribution in [0.1, 0.15) is 10.5 Å². The van der Waals surface area contributed by atoms with Crippen LogP contribution in [0.5, 0.6) is 0 Å². The quantitative estimate of drug-likeness (QED) is 0.803. The molecule has 0 bridgehead atoms. The first-order chi connectivity index (χ1) is 7.72. The van der Waals surface area contributed by atoms with E-state index in [2.05, 4.69) is 15.5 Å². The summed E-state index contributed by atoms with van der Waals surface area (Å²) in [6, 6.07) is 9.12. The summed E-state index contributed by atoms with van der Waals surface area (Å²) in [5, 5.41) is 19.5. The molecular weight excluding hydrogens is 208 g/mol. The molecule has 0 saturated carbocycles. The van der Waals surface area contributed by atoms with Gasteiger partial charge in [-0.2, -0.15) is 0 Å². The highest BCUT2D eigenvalue weighted by molar-refractivity contribution is 5.90. The van der Waals surface area contributed by atoms with Crippen molar-refractivity contribution in [3.8, 4) is 5.69 Å². The standard InChI is InChI=1S/C10H10N4O2/c1-11-9-8(10(15)16)12-14(13-9)7-5-3-2-4-6-7/h2-6H,1H3,(H,11,13)(H,15,16). The van der Waals surface area contributed by atoms with Crippen LogP contribution >= 0.6 is 0 Å². The van der Waals surface area contributed by atoms with Crippen LogP contribution in [0.3, 0.4) is 0 Å². The second kappa shape index (κ2) is 4.01. The zero-order chi connectivity index (χ0) is 11.5. The van der Waals surface area contributed by atoms with E-state index in [1.54, 1.807) is 19.2 Å². The van der Waals surface area contributed by atoms with Crippen molar-refractivity contribution in [2.45, 2.75) is 0 Å². The van der Waals surface area contributed by atoms with Gasteiger partial charge in [0.15, 0.2) is 5.82 Å². The number of benzene rings is 1. The smallest absolute Gasteiger partial charge is 0.360 e. The van der Waals surface area contributed by atoms with Crippen LogP contribution in [-0.4, -0.2) is 33.1 Å². The minimum atomic E-state index is -1.11. The predicted molar refractivity (Wildman–Crippen MR) is 57.9 cm³/mol. The number of para-hydroxylation sites is 1. The van der Waals surface area contributed by atoms with Crippen molar-refractivity contribution < 1.29 is 9.90 Å². The van der Waals surface area contributed by atoms with Gasteiger partial charge in [0.2, 0.25) is 5.69 Å². The number of hydrogen-bond acceptors (Lipinski definition) is 4. The maximum absolute atomic E-state index is 10.9. The van der Waals surface area contributed by atoms with Crippen molar-refractivity contribution in [2.24, 2.45) is 0 Å². The topological polar surface area (TPSA) is 80.0 Å². The number of nitrogens with zero attached hydrogens (tertiary/aromatic N) is 3. The number of aromatic nitrogens is 3. The summed E-state index contributed by atoms with van der Waals surface area (Å²) in [5.74, 6) is -0.858. The fourth-order valence-electron chi connectivity index (χ4n) is 1.30. The van der Waals surface area contributed by atoms with Gasteiger partial charge >= 0.3 is 5.97 Å². The van der Waals surface area contributed by atoms with Crippen LogP contribution in [0.15, 0.2) is 30.3 Å². The van der Waals surface area contributed by atoms with Crippen molar-refractivity contribution in [1.29, 1.82) is 0 Å². The van der Waals surface area contributed by atoms with Gasteiger partial charge in [-0.1, -0.05) is 18.2 Å². The molecular formula is C10H10N4O2. The molecule has 0 spiro atoms. The van der Waals surface area contributed by atoms with Crippen LogP contribution in [0.25, 0.3) is 5.69 Å². The highest BCUT2D eigenvalue weighted by Gasteiger charge is 2.16. The van der Waals surface area contributed by atoms with Crippen LogP contribution in [0, 0.1) is 0 Å². The first kappa shape index (κ1) is 10.2. The first-order valence-corrected chi connectivity index (χ1v) is 4.66. The Labute approximate surface area is 91.5 Å². The molecule has 2 N–H and O–H groups in total.